The average Bonchev–Trinajstić information content (AvgIpc) is 3.48. The molecule has 7 nitrogen and oxygen atoms in total. The van der Waals surface area contributed by atoms with Gasteiger partial charge in [-0.1, -0.05) is 43.4 Å². The average molecular weight is 630 g/mol. The SMILES string of the molecule is C[C@@H](S[C@H]1CO[C@H](C=CC=Cc2ccc(OCC(F)(F)C(F)F)cc2)OC1)[C@](O)(Cn1cncn1)c1ccc(F)cc1F. The highest BCUT2D eigenvalue weighted by Gasteiger charge is 2.42. The van der Waals surface area contributed by atoms with Crippen LogP contribution in [0.4, 0.5) is 26.3 Å². The minimum Gasteiger partial charge on any atom is -0.487 e. The van der Waals surface area contributed by atoms with Crippen LogP contribution in [0.25, 0.3) is 6.08 Å². The van der Waals surface area contributed by atoms with Gasteiger partial charge in [0.2, 0.25) is 0 Å². The second-order valence-electron chi connectivity index (χ2n) is 9.74. The third-order valence-electron chi connectivity index (χ3n) is 6.53. The van der Waals surface area contributed by atoms with Gasteiger partial charge in [0.1, 0.15) is 35.6 Å². The molecule has 1 aromatic heterocycles. The second-order valence-corrected chi connectivity index (χ2v) is 11.4. The van der Waals surface area contributed by atoms with Gasteiger partial charge >= 0.3 is 12.3 Å². The van der Waals surface area contributed by atoms with E-state index >= 15 is 0 Å². The van der Waals surface area contributed by atoms with Crippen LogP contribution in [0.5, 0.6) is 5.75 Å². The quantitative estimate of drug-likeness (QED) is 0.188. The van der Waals surface area contributed by atoms with E-state index in [0.29, 0.717) is 5.56 Å². The second kappa shape index (κ2) is 14.4. The Balaban J connectivity index is 1.28. The van der Waals surface area contributed by atoms with Crippen LogP contribution in [0.3, 0.4) is 0 Å². The summed E-state index contributed by atoms with van der Waals surface area (Å²) in [5.41, 5.74) is -1.10. The van der Waals surface area contributed by atoms with Gasteiger partial charge in [-0.25, -0.2) is 27.2 Å². The number of ether oxygens (including phenoxy) is 3. The Hall–Kier alpha value is -3.33. The van der Waals surface area contributed by atoms with Crippen molar-refractivity contribution in [2.24, 2.45) is 0 Å². The number of thioether (sulfide) groups is 1. The van der Waals surface area contributed by atoms with E-state index in [1.807, 2.05) is 0 Å². The Morgan fingerprint density at radius 2 is 1.84 bits per heavy atom. The van der Waals surface area contributed by atoms with Crippen molar-refractivity contribution in [1.29, 1.82) is 0 Å². The van der Waals surface area contributed by atoms with Gasteiger partial charge in [-0.2, -0.15) is 13.9 Å². The molecule has 1 aliphatic heterocycles. The molecule has 0 saturated carbocycles. The maximum absolute atomic E-state index is 14.8. The van der Waals surface area contributed by atoms with Gasteiger partial charge in [-0.15, -0.1) is 11.8 Å². The van der Waals surface area contributed by atoms with Crippen LogP contribution in [-0.2, 0) is 21.6 Å². The van der Waals surface area contributed by atoms with Crippen LogP contribution in [0, 0.1) is 11.6 Å². The monoisotopic (exact) mass is 629 g/mol. The first-order valence-corrected chi connectivity index (χ1v) is 14.0. The first-order valence-electron chi connectivity index (χ1n) is 13.1. The Bertz CT molecular complexity index is 1370. The summed E-state index contributed by atoms with van der Waals surface area (Å²) < 4.78 is 96.5. The molecule has 1 aliphatic rings. The largest absolute Gasteiger partial charge is 0.487 e. The topological polar surface area (TPSA) is 78.6 Å². The van der Waals surface area contributed by atoms with E-state index in [1.165, 1.54) is 47.3 Å². The highest BCUT2D eigenvalue weighted by Crippen LogP contribution is 2.38. The number of alkyl halides is 4. The molecular formula is C29H29F6N3O4S. The molecule has 2 heterocycles. The molecular weight excluding hydrogens is 600 g/mol. The number of aromatic nitrogens is 3. The lowest BCUT2D eigenvalue weighted by Crippen LogP contribution is -2.43. The molecule has 1 fully saturated rings. The zero-order valence-corrected chi connectivity index (χ0v) is 23.6. The Morgan fingerprint density at radius 1 is 1.12 bits per heavy atom. The lowest BCUT2D eigenvalue weighted by Gasteiger charge is -2.37. The first-order chi connectivity index (χ1) is 20.5. The summed E-state index contributed by atoms with van der Waals surface area (Å²) in [5.74, 6) is -5.81. The molecule has 0 bridgehead atoms. The van der Waals surface area contributed by atoms with Crippen molar-refractivity contribution in [2.75, 3.05) is 19.8 Å². The number of benzene rings is 2. The van der Waals surface area contributed by atoms with Gasteiger partial charge in [-0.3, -0.25) is 0 Å². The highest BCUT2D eigenvalue weighted by molar-refractivity contribution is 8.00. The molecule has 232 valence electrons. The number of hydrogen-bond donors (Lipinski definition) is 1. The van der Waals surface area contributed by atoms with E-state index < -0.39 is 47.7 Å². The van der Waals surface area contributed by atoms with Gasteiger partial charge in [0, 0.05) is 16.9 Å². The Morgan fingerprint density at radius 3 is 2.47 bits per heavy atom. The summed E-state index contributed by atoms with van der Waals surface area (Å²) in [5, 5.41) is 14.9. The van der Waals surface area contributed by atoms with Crippen molar-refractivity contribution in [3.05, 3.63) is 96.1 Å². The van der Waals surface area contributed by atoms with Crippen LogP contribution >= 0.6 is 11.8 Å². The van der Waals surface area contributed by atoms with Gasteiger partial charge in [-0.05, 0) is 29.8 Å². The Kier molecular flexibility index (Phi) is 10.9. The lowest BCUT2D eigenvalue weighted by atomic mass is 9.90. The van der Waals surface area contributed by atoms with Crippen LogP contribution in [0.2, 0.25) is 0 Å². The van der Waals surface area contributed by atoms with Gasteiger partial charge in [0.15, 0.2) is 12.9 Å². The third-order valence-corrected chi connectivity index (χ3v) is 7.98. The molecule has 0 radical (unpaired) electrons. The molecule has 2 aromatic carbocycles. The molecule has 3 aromatic rings. The van der Waals surface area contributed by atoms with Gasteiger partial charge in [0.05, 0.1) is 25.0 Å². The summed E-state index contributed by atoms with van der Waals surface area (Å²) in [4.78, 5) is 3.87. The van der Waals surface area contributed by atoms with Crippen molar-refractivity contribution >= 4 is 17.8 Å². The van der Waals surface area contributed by atoms with E-state index in [0.717, 1.165) is 12.1 Å². The van der Waals surface area contributed by atoms with Crippen molar-refractivity contribution in [2.45, 2.75) is 48.2 Å². The van der Waals surface area contributed by atoms with E-state index in [-0.39, 0.29) is 36.3 Å². The lowest BCUT2D eigenvalue weighted by molar-refractivity contribution is -0.148. The molecule has 0 spiro atoms. The van der Waals surface area contributed by atoms with Gasteiger partial charge in [0.25, 0.3) is 0 Å². The standard InChI is InChI=1S/C29H29F6N3O4S/c1-19(28(39,15-38-18-36-17-37-38)24-11-8-21(30)12-25(24)31)43-23-13-40-26(41-14-23)5-3-2-4-20-6-9-22(10-7-20)42-16-29(34,35)27(32)33/h2-12,17-19,23,26-27,39H,13-16H2,1H3/t19-,23-,26-,28-/m1/s1. The van der Waals surface area contributed by atoms with Crippen LogP contribution in [0.1, 0.15) is 18.1 Å². The smallest absolute Gasteiger partial charge is 0.340 e. The van der Waals surface area contributed by atoms with Crippen molar-refractivity contribution in [3.8, 4) is 5.75 Å². The summed E-state index contributed by atoms with van der Waals surface area (Å²) in [6.45, 7) is 0.772. The van der Waals surface area contributed by atoms with Crippen molar-refractivity contribution in [1.82, 2.24) is 14.8 Å². The molecule has 0 amide bonds. The maximum Gasteiger partial charge on any atom is 0.340 e. The van der Waals surface area contributed by atoms with Crippen LogP contribution in [0.15, 0.2) is 73.3 Å². The van der Waals surface area contributed by atoms with Crippen molar-refractivity contribution in [3.63, 3.8) is 0 Å². The van der Waals surface area contributed by atoms with Gasteiger partial charge < -0.3 is 19.3 Å². The van der Waals surface area contributed by atoms with Crippen LogP contribution in [-0.4, -0.2) is 68.8 Å². The molecule has 2 atom stereocenters. The third kappa shape index (κ3) is 8.85. The summed E-state index contributed by atoms with van der Waals surface area (Å²) in [7, 11) is 0. The van der Waals surface area contributed by atoms with Crippen LogP contribution < -0.4 is 4.74 Å². The predicted octanol–water partition coefficient (Wildman–Crippen LogP) is 5.86. The summed E-state index contributed by atoms with van der Waals surface area (Å²) in [6, 6.07) is 9.00. The summed E-state index contributed by atoms with van der Waals surface area (Å²) >= 11 is 1.34. The molecule has 1 N–H and O–H groups in total. The fourth-order valence-corrected chi connectivity index (χ4v) is 5.48. The molecule has 1 saturated heterocycles. The minimum atomic E-state index is -4.23. The zero-order valence-electron chi connectivity index (χ0n) is 22.8. The highest BCUT2D eigenvalue weighted by atomic mass is 32.2. The predicted molar refractivity (Wildman–Crippen MR) is 148 cm³/mol. The first kappa shape index (κ1) is 32.6. The van der Waals surface area contributed by atoms with E-state index in [2.05, 4.69) is 10.1 Å². The Labute approximate surface area is 248 Å². The van der Waals surface area contributed by atoms with E-state index in [9.17, 15) is 31.4 Å². The normalized spacial score (nSPS) is 20.1. The fraction of sp³-hybridized carbons (Fsp3) is 0.379. The molecule has 43 heavy (non-hydrogen) atoms. The number of hydrogen-bond acceptors (Lipinski definition) is 7. The fourth-order valence-electron chi connectivity index (χ4n) is 4.17. The number of allylic oxidation sites excluding steroid dienone is 2. The molecule has 0 unspecified atom stereocenters. The summed E-state index contributed by atoms with van der Waals surface area (Å²) in [6.07, 6.45) is 5.07. The molecule has 14 heteroatoms. The van der Waals surface area contributed by atoms with Crippen molar-refractivity contribution < 1.29 is 45.7 Å². The molecule has 4 rings (SSSR count). The van der Waals surface area contributed by atoms with E-state index in [4.69, 9.17) is 14.2 Å². The number of nitrogens with zero attached hydrogens (tertiary/aromatic N) is 3. The maximum atomic E-state index is 14.8. The van der Waals surface area contributed by atoms with E-state index in [1.54, 1.807) is 43.4 Å². The number of aliphatic hydroxyl groups is 1. The number of rotatable bonds is 13. The molecule has 0 aliphatic carbocycles. The number of halogens is 6. The minimum absolute atomic E-state index is 0.0402. The zero-order chi connectivity index (χ0) is 31.0.